The van der Waals surface area contributed by atoms with Crippen molar-refractivity contribution in [3.8, 4) is 0 Å². The number of hydrogen-bond donors (Lipinski definition) is 2. The Kier molecular flexibility index (Phi) is 5.35. The van der Waals surface area contributed by atoms with Gasteiger partial charge < -0.3 is 14.4 Å². The van der Waals surface area contributed by atoms with Crippen LogP contribution in [0.5, 0.6) is 0 Å². The monoisotopic (exact) mass is 340 g/mol. The molecule has 0 unspecified atom stereocenters. The Morgan fingerprint density at radius 3 is 2.36 bits per heavy atom. The number of aliphatic hydroxyl groups is 1. The molecular formula is C16H22BClO3S. The first kappa shape index (κ1) is 17.9. The van der Waals surface area contributed by atoms with Crippen molar-refractivity contribution in [3.63, 3.8) is 0 Å². The zero-order chi connectivity index (χ0) is 16.5. The predicted octanol–water partition coefficient (Wildman–Crippen LogP) is 3.78. The van der Waals surface area contributed by atoms with E-state index < -0.39 is 7.12 Å². The van der Waals surface area contributed by atoms with Gasteiger partial charge in [-0.15, -0.1) is 0 Å². The summed E-state index contributed by atoms with van der Waals surface area (Å²) in [5, 5.41) is 10.1. The Balaban J connectivity index is 2.34. The van der Waals surface area contributed by atoms with Gasteiger partial charge in [0.25, 0.3) is 0 Å². The second kappa shape index (κ2) is 6.58. The lowest BCUT2D eigenvalue weighted by Gasteiger charge is -2.32. The molecule has 1 fully saturated rings. The van der Waals surface area contributed by atoms with Crippen LogP contribution < -0.4 is 0 Å². The third-order valence-corrected chi connectivity index (χ3v) is 4.96. The quantitative estimate of drug-likeness (QED) is 0.647. The fraction of sp³-hybridized carbons (Fsp3) is 0.500. The molecule has 0 saturated carbocycles. The Bertz CT molecular complexity index is 571. The van der Waals surface area contributed by atoms with Gasteiger partial charge in [0.05, 0.1) is 17.8 Å². The lowest BCUT2D eigenvalue weighted by Crippen LogP contribution is -2.41. The summed E-state index contributed by atoms with van der Waals surface area (Å²) in [6, 6.07) is 5.43. The fourth-order valence-corrected chi connectivity index (χ4v) is 2.67. The van der Waals surface area contributed by atoms with Gasteiger partial charge in [-0.05, 0) is 56.4 Å². The highest BCUT2D eigenvalue weighted by atomic mass is 35.5. The number of halogens is 1. The molecule has 1 saturated heterocycles. The van der Waals surface area contributed by atoms with Crippen molar-refractivity contribution in [1.82, 2.24) is 0 Å². The molecular weight excluding hydrogens is 319 g/mol. The average molecular weight is 341 g/mol. The molecule has 1 aliphatic heterocycles. The largest absolute Gasteiger partial charge is 0.491 e. The molecule has 0 bridgehead atoms. The zero-order valence-electron chi connectivity index (χ0n) is 13.4. The van der Waals surface area contributed by atoms with Gasteiger partial charge in [0.2, 0.25) is 0 Å². The fourth-order valence-electron chi connectivity index (χ4n) is 2.23. The molecule has 6 heteroatoms. The third-order valence-electron chi connectivity index (χ3n) is 4.35. The summed E-state index contributed by atoms with van der Waals surface area (Å²) < 4.78 is 12.1. The number of aliphatic hydroxyl groups excluding tert-OH is 1. The first-order valence-corrected chi connectivity index (χ1v) is 8.27. The standard InChI is InChI=1S/C16H22BClO3S/c1-15(2)16(3,4)21-17(20-15)13(10-22)7-11-5-6-14(18)8-12(11)9-19/h5-8,19,22H,9-10H2,1-4H3. The number of hydrogen-bond acceptors (Lipinski definition) is 4. The topological polar surface area (TPSA) is 38.7 Å². The first-order chi connectivity index (χ1) is 10.2. The minimum atomic E-state index is -0.440. The summed E-state index contributed by atoms with van der Waals surface area (Å²) in [6.45, 7) is 8.00. The molecule has 0 spiro atoms. The van der Waals surface area contributed by atoms with Crippen LogP contribution in [-0.4, -0.2) is 29.2 Å². The van der Waals surface area contributed by atoms with E-state index >= 15 is 0 Å². The van der Waals surface area contributed by atoms with Crippen molar-refractivity contribution in [3.05, 3.63) is 39.8 Å². The molecule has 0 aromatic heterocycles. The molecule has 0 radical (unpaired) electrons. The van der Waals surface area contributed by atoms with Crippen LogP contribution in [0.1, 0.15) is 38.8 Å². The number of rotatable bonds is 4. The van der Waals surface area contributed by atoms with E-state index in [1.165, 1.54) is 0 Å². The van der Waals surface area contributed by atoms with Gasteiger partial charge in [-0.2, -0.15) is 12.6 Å². The molecule has 0 aliphatic carbocycles. The van der Waals surface area contributed by atoms with E-state index in [9.17, 15) is 5.11 Å². The van der Waals surface area contributed by atoms with Crippen molar-refractivity contribution < 1.29 is 14.4 Å². The summed E-state index contributed by atoms with van der Waals surface area (Å²) in [5.74, 6) is 0.504. The summed E-state index contributed by atoms with van der Waals surface area (Å²) in [6.07, 6.45) is 1.96. The van der Waals surface area contributed by atoms with Crippen molar-refractivity contribution in [2.45, 2.75) is 45.5 Å². The summed E-state index contributed by atoms with van der Waals surface area (Å²) in [5.41, 5.74) is 1.80. The molecule has 2 rings (SSSR count). The van der Waals surface area contributed by atoms with Crippen molar-refractivity contribution >= 4 is 37.4 Å². The van der Waals surface area contributed by atoms with Gasteiger partial charge >= 0.3 is 7.12 Å². The van der Waals surface area contributed by atoms with Crippen LogP contribution in [0.3, 0.4) is 0 Å². The molecule has 1 N–H and O–H groups in total. The predicted molar refractivity (Wildman–Crippen MR) is 95.3 cm³/mol. The highest BCUT2D eigenvalue weighted by Crippen LogP contribution is 2.39. The molecule has 0 atom stereocenters. The summed E-state index contributed by atoms with van der Waals surface area (Å²) in [7, 11) is -0.440. The van der Waals surface area contributed by atoms with Crippen LogP contribution in [0.15, 0.2) is 23.7 Å². The minimum absolute atomic E-state index is 0.0738. The van der Waals surface area contributed by atoms with E-state index in [1.54, 1.807) is 12.1 Å². The Morgan fingerprint density at radius 1 is 1.27 bits per heavy atom. The van der Waals surface area contributed by atoms with E-state index in [1.807, 2.05) is 39.8 Å². The SMILES string of the molecule is CC1(C)OB(C(=Cc2ccc(Cl)cc2CO)CS)OC1(C)C. The molecule has 1 heterocycles. The van der Waals surface area contributed by atoms with Gasteiger partial charge in [-0.1, -0.05) is 23.7 Å². The van der Waals surface area contributed by atoms with Gasteiger partial charge in [0.1, 0.15) is 0 Å². The van der Waals surface area contributed by atoms with E-state index in [0.717, 1.165) is 16.6 Å². The molecule has 0 amide bonds. The lowest BCUT2D eigenvalue weighted by molar-refractivity contribution is 0.00578. The van der Waals surface area contributed by atoms with E-state index in [2.05, 4.69) is 12.6 Å². The number of benzene rings is 1. The van der Waals surface area contributed by atoms with Gasteiger partial charge in [-0.3, -0.25) is 0 Å². The van der Waals surface area contributed by atoms with Crippen LogP contribution in [0, 0.1) is 0 Å². The maximum absolute atomic E-state index is 9.49. The molecule has 1 aromatic rings. The Morgan fingerprint density at radius 2 is 1.86 bits per heavy atom. The van der Waals surface area contributed by atoms with Crippen LogP contribution >= 0.6 is 24.2 Å². The average Bonchev–Trinajstić information content (AvgIpc) is 2.65. The molecule has 3 nitrogen and oxygen atoms in total. The second-order valence-corrected chi connectivity index (χ2v) is 7.22. The highest BCUT2D eigenvalue weighted by molar-refractivity contribution is 7.80. The molecule has 22 heavy (non-hydrogen) atoms. The van der Waals surface area contributed by atoms with Gasteiger partial charge in [0.15, 0.2) is 0 Å². The van der Waals surface area contributed by atoms with Crippen LogP contribution in [0.2, 0.25) is 5.02 Å². The van der Waals surface area contributed by atoms with Crippen LogP contribution in [0.4, 0.5) is 0 Å². The maximum Gasteiger partial charge on any atom is 0.491 e. The smallest absolute Gasteiger partial charge is 0.400 e. The van der Waals surface area contributed by atoms with Gasteiger partial charge in [0, 0.05) is 10.8 Å². The van der Waals surface area contributed by atoms with E-state index in [-0.39, 0.29) is 17.8 Å². The van der Waals surface area contributed by atoms with E-state index in [0.29, 0.717) is 10.8 Å². The van der Waals surface area contributed by atoms with Crippen LogP contribution in [-0.2, 0) is 15.9 Å². The summed E-state index contributed by atoms with van der Waals surface area (Å²) in [4.78, 5) is 0. The maximum atomic E-state index is 9.49. The van der Waals surface area contributed by atoms with Crippen LogP contribution in [0.25, 0.3) is 6.08 Å². The first-order valence-electron chi connectivity index (χ1n) is 7.26. The lowest BCUT2D eigenvalue weighted by atomic mass is 9.78. The van der Waals surface area contributed by atoms with Crippen molar-refractivity contribution in [2.75, 3.05) is 5.75 Å². The molecule has 1 aromatic carbocycles. The third kappa shape index (κ3) is 3.54. The zero-order valence-corrected chi connectivity index (χ0v) is 15.0. The highest BCUT2D eigenvalue weighted by Gasteiger charge is 2.52. The second-order valence-electron chi connectivity index (χ2n) is 6.47. The molecule has 1 aliphatic rings. The summed E-state index contributed by atoms with van der Waals surface area (Å²) >= 11 is 10.4. The Labute approximate surface area is 143 Å². The van der Waals surface area contributed by atoms with E-state index in [4.69, 9.17) is 20.9 Å². The molecule has 120 valence electrons. The normalized spacial score (nSPS) is 20.5. The number of thiol groups is 1. The van der Waals surface area contributed by atoms with Crippen molar-refractivity contribution in [1.29, 1.82) is 0 Å². The van der Waals surface area contributed by atoms with Gasteiger partial charge in [-0.25, -0.2) is 0 Å². The van der Waals surface area contributed by atoms with Crippen molar-refractivity contribution in [2.24, 2.45) is 0 Å². The Hall–Kier alpha value is -0.455. The minimum Gasteiger partial charge on any atom is -0.400 e.